The first-order valence-corrected chi connectivity index (χ1v) is 9.42. The Kier molecular flexibility index (Phi) is 6.70. The van der Waals surface area contributed by atoms with Crippen molar-refractivity contribution in [3.05, 3.63) is 75.6 Å². The van der Waals surface area contributed by atoms with E-state index in [0.29, 0.717) is 38.0 Å². The molecule has 0 saturated carbocycles. The number of pyridine rings is 1. The lowest BCUT2D eigenvalue weighted by Gasteiger charge is -2.06. The second kappa shape index (κ2) is 9.21. The van der Waals surface area contributed by atoms with Gasteiger partial charge in [-0.15, -0.1) is 0 Å². The smallest absolute Gasteiger partial charge is 0.250 e. The van der Waals surface area contributed by atoms with Crippen LogP contribution in [0.15, 0.2) is 59.2 Å². The Morgan fingerprint density at radius 3 is 2.68 bits per heavy atom. The third kappa shape index (κ3) is 5.33. The van der Waals surface area contributed by atoms with E-state index in [1.54, 1.807) is 42.5 Å². The molecule has 0 atom stereocenters. The van der Waals surface area contributed by atoms with Gasteiger partial charge in [-0.05, 0) is 54.7 Å². The number of nitrogens with one attached hydrogen (secondary N) is 2. The summed E-state index contributed by atoms with van der Waals surface area (Å²) in [4.78, 5) is 16.0. The number of thiocarbonyl (C=S) groups is 1. The molecule has 1 amide bonds. The van der Waals surface area contributed by atoms with Gasteiger partial charge in [-0.1, -0.05) is 40.9 Å². The maximum Gasteiger partial charge on any atom is 0.250 e. The first-order chi connectivity index (χ1) is 13.4. The number of carbonyl (C=O) groups excluding carboxylic acids is 1. The lowest BCUT2D eigenvalue weighted by atomic mass is 10.2. The average molecular weight is 453 g/mol. The highest BCUT2D eigenvalue weighted by atomic mass is 35.5. The molecule has 0 fully saturated rings. The third-order valence-corrected chi connectivity index (χ3v) is 4.70. The van der Waals surface area contributed by atoms with Gasteiger partial charge in [0.2, 0.25) is 5.91 Å². The van der Waals surface area contributed by atoms with Crippen LogP contribution in [0.25, 0.3) is 17.4 Å². The first-order valence-electron chi connectivity index (χ1n) is 7.88. The number of rotatable bonds is 4. The van der Waals surface area contributed by atoms with Crippen LogP contribution in [-0.2, 0) is 4.79 Å². The van der Waals surface area contributed by atoms with Gasteiger partial charge < -0.3 is 9.73 Å². The minimum atomic E-state index is -0.426. The normalized spacial score (nSPS) is 10.8. The fourth-order valence-electron chi connectivity index (χ4n) is 2.19. The van der Waals surface area contributed by atoms with Crippen molar-refractivity contribution in [1.29, 1.82) is 0 Å². The molecule has 3 aromatic rings. The van der Waals surface area contributed by atoms with Gasteiger partial charge in [0.25, 0.3) is 0 Å². The van der Waals surface area contributed by atoms with Crippen molar-refractivity contribution >= 4 is 69.9 Å². The van der Waals surface area contributed by atoms with Gasteiger partial charge in [0.1, 0.15) is 17.3 Å². The van der Waals surface area contributed by atoms with Crippen molar-refractivity contribution in [2.45, 2.75) is 0 Å². The fourth-order valence-corrected chi connectivity index (χ4v) is 2.90. The summed E-state index contributed by atoms with van der Waals surface area (Å²) in [5.74, 6) is 1.05. The van der Waals surface area contributed by atoms with Crippen molar-refractivity contribution in [2.75, 3.05) is 5.32 Å². The van der Waals surface area contributed by atoms with E-state index in [4.69, 9.17) is 51.4 Å². The summed E-state index contributed by atoms with van der Waals surface area (Å²) in [6.45, 7) is 0. The average Bonchev–Trinajstić information content (AvgIpc) is 3.13. The molecule has 3 rings (SSSR count). The van der Waals surface area contributed by atoms with Crippen molar-refractivity contribution < 1.29 is 9.21 Å². The summed E-state index contributed by atoms with van der Waals surface area (Å²) in [5, 5.41) is 6.73. The molecule has 0 unspecified atom stereocenters. The van der Waals surface area contributed by atoms with E-state index in [2.05, 4.69) is 15.6 Å². The van der Waals surface area contributed by atoms with Crippen LogP contribution in [0.5, 0.6) is 0 Å². The number of carbonyl (C=O) groups is 1. The molecule has 0 bridgehead atoms. The molecular formula is C19H12Cl3N3O2S. The third-order valence-electron chi connectivity index (χ3n) is 3.45. The van der Waals surface area contributed by atoms with Gasteiger partial charge in [-0.3, -0.25) is 10.1 Å². The molecule has 2 N–H and O–H groups in total. The number of amides is 1. The van der Waals surface area contributed by atoms with Crippen LogP contribution in [0.1, 0.15) is 5.76 Å². The zero-order chi connectivity index (χ0) is 20.1. The highest BCUT2D eigenvalue weighted by molar-refractivity contribution is 7.80. The minimum absolute atomic E-state index is 0.107. The Morgan fingerprint density at radius 1 is 1.11 bits per heavy atom. The van der Waals surface area contributed by atoms with Crippen LogP contribution >= 0.6 is 47.0 Å². The molecule has 28 heavy (non-hydrogen) atoms. The highest BCUT2D eigenvalue weighted by Gasteiger charge is 2.10. The second-order valence-corrected chi connectivity index (χ2v) is 7.07. The second-order valence-electron chi connectivity index (χ2n) is 5.44. The molecule has 0 saturated heterocycles. The van der Waals surface area contributed by atoms with E-state index in [0.717, 1.165) is 0 Å². The molecule has 0 spiro atoms. The summed E-state index contributed by atoms with van der Waals surface area (Å²) in [6, 6.07) is 12.0. The molecule has 5 nitrogen and oxygen atoms in total. The van der Waals surface area contributed by atoms with Gasteiger partial charge in [0.15, 0.2) is 5.11 Å². The number of anilines is 1. The predicted molar refractivity (Wildman–Crippen MR) is 117 cm³/mol. The van der Waals surface area contributed by atoms with Crippen LogP contribution in [0.4, 0.5) is 5.82 Å². The topological polar surface area (TPSA) is 67.2 Å². The maximum absolute atomic E-state index is 12.0. The predicted octanol–water partition coefficient (Wildman–Crippen LogP) is 5.83. The van der Waals surface area contributed by atoms with E-state index in [-0.39, 0.29) is 5.11 Å². The standard InChI is InChI=1S/C19H12Cl3N3O2S/c20-11-4-8-16(23-10-11)24-19(28)25-17(26)9-6-12-5-7-15(27-12)13-2-1-3-14(21)18(13)22/h1-10H,(H2,23,24,25,26,28). The SMILES string of the molecule is O=C(C=Cc1ccc(-c2cccc(Cl)c2Cl)o1)NC(=S)Nc1ccc(Cl)cn1. The Hall–Kier alpha value is -2.38. The number of hydrogen-bond acceptors (Lipinski definition) is 4. The van der Waals surface area contributed by atoms with Gasteiger partial charge in [-0.2, -0.15) is 0 Å². The van der Waals surface area contributed by atoms with Crippen LogP contribution in [0.2, 0.25) is 15.1 Å². The number of nitrogens with zero attached hydrogens (tertiary/aromatic N) is 1. The largest absolute Gasteiger partial charge is 0.457 e. The molecular weight excluding hydrogens is 441 g/mol. The van der Waals surface area contributed by atoms with Crippen molar-refractivity contribution in [3.63, 3.8) is 0 Å². The summed E-state index contributed by atoms with van der Waals surface area (Å²) in [7, 11) is 0. The Morgan fingerprint density at radius 2 is 1.93 bits per heavy atom. The van der Waals surface area contributed by atoms with E-state index < -0.39 is 5.91 Å². The van der Waals surface area contributed by atoms with Gasteiger partial charge in [-0.25, -0.2) is 4.98 Å². The molecule has 0 aliphatic carbocycles. The van der Waals surface area contributed by atoms with Crippen LogP contribution in [-0.4, -0.2) is 16.0 Å². The van der Waals surface area contributed by atoms with E-state index in [9.17, 15) is 4.79 Å². The van der Waals surface area contributed by atoms with E-state index in [1.807, 2.05) is 0 Å². The Labute approximate surface area is 181 Å². The summed E-state index contributed by atoms with van der Waals surface area (Å²) in [5.41, 5.74) is 0.666. The number of furan rings is 1. The van der Waals surface area contributed by atoms with Gasteiger partial charge in [0, 0.05) is 17.8 Å². The summed E-state index contributed by atoms with van der Waals surface area (Å²) >= 11 is 23.0. The van der Waals surface area contributed by atoms with Gasteiger partial charge >= 0.3 is 0 Å². The monoisotopic (exact) mass is 451 g/mol. The zero-order valence-electron chi connectivity index (χ0n) is 14.1. The molecule has 2 aromatic heterocycles. The molecule has 1 aromatic carbocycles. The molecule has 0 aliphatic heterocycles. The van der Waals surface area contributed by atoms with Crippen molar-refractivity contribution in [1.82, 2.24) is 10.3 Å². The van der Waals surface area contributed by atoms with Gasteiger partial charge in [0.05, 0.1) is 15.1 Å². The molecule has 142 valence electrons. The van der Waals surface area contributed by atoms with Crippen molar-refractivity contribution in [2.24, 2.45) is 0 Å². The lowest BCUT2D eigenvalue weighted by Crippen LogP contribution is -2.33. The fraction of sp³-hybridized carbons (Fsp3) is 0. The van der Waals surface area contributed by atoms with E-state index >= 15 is 0 Å². The quantitative estimate of drug-likeness (QED) is 0.385. The molecule has 0 aliphatic rings. The van der Waals surface area contributed by atoms with Crippen LogP contribution in [0.3, 0.4) is 0 Å². The van der Waals surface area contributed by atoms with Crippen molar-refractivity contribution in [3.8, 4) is 11.3 Å². The molecule has 0 radical (unpaired) electrons. The minimum Gasteiger partial charge on any atom is -0.457 e. The Bertz CT molecular complexity index is 1050. The summed E-state index contributed by atoms with van der Waals surface area (Å²) in [6.07, 6.45) is 4.28. The first kappa shape index (κ1) is 20.4. The van der Waals surface area contributed by atoms with Crippen LogP contribution < -0.4 is 10.6 Å². The zero-order valence-corrected chi connectivity index (χ0v) is 17.2. The van der Waals surface area contributed by atoms with Crippen LogP contribution in [0, 0.1) is 0 Å². The molecule has 9 heteroatoms. The van der Waals surface area contributed by atoms with E-state index in [1.165, 1.54) is 18.3 Å². The number of hydrogen-bond donors (Lipinski definition) is 2. The number of benzene rings is 1. The summed E-state index contributed by atoms with van der Waals surface area (Å²) < 4.78 is 5.69. The highest BCUT2D eigenvalue weighted by Crippen LogP contribution is 2.34. The number of aromatic nitrogens is 1. The number of halogens is 3. The maximum atomic E-state index is 12.0. The molecule has 2 heterocycles. The lowest BCUT2D eigenvalue weighted by molar-refractivity contribution is -0.115. The Balaban J connectivity index is 1.60.